The molecule has 0 aliphatic carbocycles. The number of hydrogen-bond donors (Lipinski definition) is 3. The van der Waals surface area contributed by atoms with Gasteiger partial charge in [-0.3, -0.25) is 9.93 Å². The lowest BCUT2D eigenvalue weighted by Crippen LogP contribution is -2.33. The predicted octanol–water partition coefficient (Wildman–Crippen LogP) is 4.67. The first-order chi connectivity index (χ1) is 15.9. The molecule has 0 amide bonds. The lowest BCUT2D eigenvalue weighted by atomic mass is 9.86. The van der Waals surface area contributed by atoms with Crippen LogP contribution in [0.25, 0.3) is 0 Å². The summed E-state index contributed by atoms with van der Waals surface area (Å²) in [5.74, 6) is 0.783. The van der Waals surface area contributed by atoms with Crippen molar-refractivity contribution in [3.05, 3.63) is 75.4 Å². The van der Waals surface area contributed by atoms with Crippen molar-refractivity contribution in [1.82, 2.24) is 9.97 Å². The maximum absolute atomic E-state index is 13.3. The van der Waals surface area contributed by atoms with Crippen LogP contribution in [0.15, 0.2) is 48.2 Å². The van der Waals surface area contributed by atoms with E-state index in [1.165, 1.54) is 17.7 Å². The number of carbonyl (C=O) groups is 1. The molecule has 33 heavy (non-hydrogen) atoms. The Morgan fingerprint density at radius 3 is 2.88 bits per heavy atom. The molecule has 2 aromatic heterocycles. The summed E-state index contributed by atoms with van der Waals surface area (Å²) in [5.41, 5.74) is 9.49. The number of nitrogens with zero attached hydrogens (tertiary/aromatic N) is 2. The van der Waals surface area contributed by atoms with E-state index in [0.29, 0.717) is 35.3 Å². The zero-order valence-electron chi connectivity index (χ0n) is 19.2. The molecule has 0 fully saturated rings. The van der Waals surface area contributed by atoms with Crippen LogP contribution in [0.3, 0.4) is 0 Å². The van der Waals surface area contributed by atoms with Crippen molar-refractivity contribution in [2.75, 3.05) is 18.5 Å². The van der Waals surface area contributed by atoms with Crippen LogP contribution in [0.4, 0.5) is 5.82 Å². The summed E-state index contributed by atoms with van der Waals surface area (Å²) in [5, 5.41) is 10.6. The van der Waals surface area contributed by atoms with Crippen molar-refractivity contribution in [3.63, 3.8) is 0 Å². The second kappa shape index (κ2) is 11.7. The van der Waals surface area contributed by atoms with E-state index < -0.39 is 5.54 Å². The molecule has 5 N–H and O–H groups in total. The van der Waals surface area contributed by atoms with Gasteiger partial charge >= 0.3 is 0 Å². The number of thiophene rings is 1. The van der Waals surface area contributed by atoms with Crippen molar-refractivity contribution in [2.45, 2.75) is 39.2 Å². The first kappa shape index (κ1) is 25.3. The van der Waals surface area contributed by atoms with E-state index in [0.717, 1.165) is 41.8 Å². The molecule has 1 aromatic carbocycles. The zero-order valence-corrected chi connectivity index (χ0v) is 20.8. The maximum atomic E-state index is 13.3. The standard InChI is InChI=1S/C24H31N5O2S2/c1-4-17(13-31-33-26)8-9-28-23-20(12-27-15-29-23)22(30)21-11-19(14-32-21)24(3,25)18-7-5-6-16(2)10-18/h5-7,10-12,14-15,17H,4,8-9,13,25-26H2,1-3H3,(H,27,28,29). The summed E-state index contributed by atoms with van der Waals surface area (Å²) in [7, 11) is 0. The van der Waals surface area contributed by atoms with Gasteiger partial charge in [-0.25, -0.2) is 9.97 Å². The fraction of sp³-hybridized carbons (Fsp3) is 0.375. The number of nitrogens with two attached hydrogens (primary N) is 2. The van der Waals surface area contributed by atoms with Crippen molar-refractivity contribution in [1.29, 1.82) is 0 Å². The van der Waals surface area contributed by atoms with Gasteiger partial charge in [-0.05, 0) is 48.8 Å². The summed E-state index contributed by atoms with van der Waals surface area (Å²) in [6.07, 6.45) is 4.86. The van der Waals surface area contributed by atoms with E-state index in [1.807, 2.05) is 43.5 Å². The fourth-order valence-corrected chi connectivity index (χ4v) is 4.82. The first-order valence-corrected chi connectivity index (χ1v) is 12.6. The topological polar surface area (TPSA) is 116 Å². The summed E-state index contributed by atoms with van der Waals surface area (Å²) in [4.78, 5) is 22.3. The number of ketones is 1. The highest BCUT2D eigenvalue weighted by molar-refractivity contribution is 7.92. The minimum absolute atomic E-state index is 0.121. The van der Waals surface area contributed by atoms with E-state index in [1.54, 1.807) is 6.20 Å². The maximum Gasteiger partial charge on any atom is 0.208 e. The third-order valence-electron chi connectivity index (χ3n) is 5.79. The molecule has 3 aromatic rings. The smallest absolute Gasteiger partial charge is 0.208 e. The Kier molecular flexibility index (Phi) is 8.99. The minimum Gasteiger partial charge on any atom is -0.369 e. The van der Waals surface area contributed by atoms with E-state index in [4.69, 9.17) is 15.1 Å². The number of aromatic nitrogens is 2. The summed E-state index contributed by atoms with van der Waals surface area (Å²) < 4.78 is 5.26. The van der Waals surface area contributed by atoms with E-state index in [-0.39, 0.29) is 5.78 Å². The monoisotopic (exact) mass is 485 g/mol. The molecule has 2 unspecified atom stereocenters. The molecule has 2 heterocycles. The van der Waals surface area contributed by atoms with Gasteiger partial charge in [0.25, 0.3) is 0 Å². The third-order valence-corrected chi connectivity index (χ3v) is 6.99. The molecule has 0 bridgehead atoms. The average molecular weight is 486 g/mol. The van der Waals surface area contributed by atoms with Gasteiger partial charge < -0.3 is 15.2 Å². The van der Waals surface area contributed by atoms with Gasteiger partial charge in [0, 0.05) is 12.7 Å². The number of nitrogens with one attached hydrogen (secondary N) is 1. The van der Waals surface area contributed by atoms with E-state index in [9.17, 15) is 4.79 Å². The number of carbonyl (C=O) groups excluding carboxylic acids is 1. The molecule has 0 radical (unpaired) electrons. The average Bonchev–Trinajstić information content (AvgIpc) is 3.32. The van der Waals surface area contributed by atoms with Crippen molar-refractivity contribution < 1.29 is 8.98 Å². The van der Waals surface area contributed by atoms with Crippen LogP contribution in [0.5, 0.6) is 0 Å². The zero-order chi connectivity index (χ0) is 23.8. The summed E-state index contributed by atoms with van der Waals surface area (Å²) >= 11 is 2.27. The summed E-state index contributed by atoms with van der Waals surface area (Å²) in [6.45, 7) is 7.38. The number of benzene rings is 1. The van der Waals surface area contributed by atoms with Gasteiger partial charge in [-0.2, -0.15) is 0 Å². The molecule has 7 nitrogen and oxygen atoms in total. The normalized spacial score (nSPS) is 14.0. The van der Waals surface area contributed by atoms with E-state index >= 15 is 0 Å². The molecule has 3 rings (SSSR count). The minimum atomic E-state index is -0.700. The van der Waals surface area contributed by atoms with Gasteiger partial charge in [-0.1, -0.05) is 43.2 Å². The highest BCUT2D eigenvalue weighted by atomic mass is 32.2. The van der Waals surface area contributed by atoms with Crippen LogP contribution in [-0.4, -0.2) is 28.9 Å². The Balaban J connectivity index is 1.74. The Labute approximate surface area is 203 Å². The second-order valence-corrected chi connectivity index (χ2v) is 9.60. The Morgan fingerprint density at radius 1 is 1.33 bits per heavy atom. The largest absolute Gasteiger partial charge is 0.369 e. The molecular weight excluding hydrogens is 454 g/mol. The molecule has 9 heteroatoms. The Bertz CT molecular complexity index is 1070. The number of rotatable bonds is 12. The first-order valence-electron chi connectivity index (χ1n) is 10.9. The van der Waals surface area contributed by atoms with Crippen molar-refractivity contribution in [3.8, 4) is 0 Å². The van der Waals surface area contributed by atoms with Crippen LogP contribution < -0.4 is 16.2 Å². The van der Waals surface area contributed by atoms with Crippen molar-refractivity contribution in [2.24, 2.45) is 16.8 Å². The Hall–Kier alpha value is -2.30. The van der Waals surface area contributed by atoms with E-state index in [2.05, 4.69) is 28.3 Å². The van der Waals surface area contributed by atoms with Crippen LogP contribution in [0.1, 0.15) is 58.6 Å². The highest BCUT2D eigenvalue weighted by Gasteiger charge is 2.27. The molecular formula is C24H31N5O2S2. The molecule has 176 valence electrons. The van der Waals surface area contributed by atoms with Gasteiger partial charge in [-0.15, -0.1) is 11.3 Å². The lowest BCUT2D eigenvalue weighted by Gasteiger charge is -2.25. The van der Waals surface area contributed by atoms with Gasteiger partial charge in [0.05, 0.1) is 34.8 Å². The molecule has 0 saturated carbocycles. The molecule has 0 spiro atoms. The number of hydrogen-bond acceptors (Lipinski definition) is 9. The number of aryl methyl sites for hydroxylation is 1. The fourth-order valence-electron chi connectivity index (χ4n) is 3.57. The van der Waals surface area contributed by atoms with Crippen LogP contribution >= 0.6 is 23.6 Å². The molecule has 0 saturated heterocycles. The van der Waals surface area contributed by atoms with Crippen molar-refractivity contribution >= 4 is 35.2 Å². The highest BCUT2D eigenvalue weighted by Crippen LogP contribution is 2.32. The third kappa shape index (κ3) is 6.39. The van der Waals surface area contributed by atoms with Crippen LogP contribution in [-0.2, 0) is 9.72 Å². The van der Waals surface area contributed by atoms with Crippen LogP contribution in [0, 0.1) is 12.8 Å². The van der Waals surface area contributed by atoms with Gasteiger partial charge in [0.15, 0.2) is 0 Å². The van der Waals surface area contributed by atoms with Gasteiger partial charge in [0.1, 0.15) is 12.1 Å². The number of anilines is 1. The van der Waals surface area contributed by atoms with Gasteiger partial charge in [0.2, 0.25) is 5.78 Å². The predicted molar refractivity (Wildman–Crippen MR) is 136 cm³/mol. The SMILES string of the molecule is CCC(CCNc1ncncc1C(=O)c1cc(C(C)(N)c2cccc(C)c2)cs1)COSN. The lowest BCUT2D eigenvalue weighted by molar-refractivity contribution is 0.104. The Morgan fingerprint density at radius 2 is 2.15 bits per heavy atom. The summed E-state index contributed by atoms with van der Waals surface area (Å²) in [6, 6.07) is 10.0. The molecule has 0 aliphatic heterocycles. The van der Waals surface area contributed by atoms with Crippen LogP contribution in [0.2, 0.25) is 0 Å². The molecule has 0 aliphatic rings. The quantitative estimate of drug-likeness (QED) is 0.193. The molecule has 2 atom stereocenters. The second-order valence-electron chi connectivity index (χ2n) is 8.26.